The van der Waals surface area contributed by atoms with Gasteiger partial charge in [0.05, 0.1) is 17.9 Å². The zero-order valence-electron chi connectivity index (χ0n) is 29.3. The summed E-state index contributed by atoms with van der Waals surface area (Å²) < 4.78 is 15.9. The predicted molar refractivity (Wildman–Crippen MR) is 201 cm³/mol. The molecule has 2 atom stereocenters. The standard InChI is InChI=1S/C42H39FN8O2/c1-27-33-13-12-29(23-31(33)26-50(27)36-14-17-41(52)46-42(36)53)11-10-28-18-21-48(22-19-28)39-9-3-7-34(45-39)37-25-44-38-15-16-40(47-51(37)38)49-20-4-8-35(49)30-5-2-6-32(43)24-30/h2-3,5-7,9,12-13,15-16,23-25,28,35-36H,1,4,8,14,17-22,26H2,(H,46,52,53). The van der Waals surface area contributed by atoms with E-state index in [9.17, 15) is 14.0 Å². The Hall–Kier alpha value is -6.02. The number of fused-ring (bicyclic) bond motifs is 2. The lowest BCUT2D eigenvalue weighted by Crippen LogP contribution is -2.50. The summed E-state index contributed by atoms with van der Waals surface area (Å²) in [5.41, 5.74) is 7.26. The molecule has 9 rings (SSSR count). The van der Waals surface area contributed by atoms with Crippen molar-refractivity contribution in [3.05, 3.63) is 114 Å². The summed E-state index contributed by atoms with van der Waals surface area (Å²) in [5, 5.41) is 7.49. The first-order valence-electron chi connectivity index (χ1n) is 18.4. The van der Waals surface area contributed by atoms with Gasteiger partial charge < -0.3 is 14.7 Å². The lowest BCUT2D eigenvalue weighted by Gasteiger charge is -2.31. The van der Waals surface area contributed by atoms with Crippen molar-refractivity contribution in [3.63, 3.8) is 0 Å². The first kappa shape index (κ1) is 32.9. The summed E-state index contributed by atoms with van der Waals surface area (Å²) in [6, 6.07) is 22.8. The lowest BCUT2D eigenvalue weighted by molar-refractivity contribution is -0.136. The van der Waals surface area contributed by atoms with E-state index in [0.717, 1.165) is 102 Å². The number of imidazole rings is 1. The van der Waals surface area contributed by atoms with Crippen LogP contribution >= 0.6 is 0 Å². The number of piperidine rings is 2. The highest BCUT2D eigenvalue weighted by Gasteiger charge is 2.36. The molecule has 2 unspecified atom stereocenters. The fourth-order valence-corrected chi connectivity index (χ4v) is 8.27. The molecule has 4 aliphatic rings. The van der Waals surface area contributed by atoms with E-state index in [1.807, 2.05) is 58.1 Å². The van der Waals surface area contributed by atoms with Crippen LogP contribution in [0.4, 0.5) is 16.0 Å². The number of aromatic nitrogens is 4. The van der Waals surface area contributed by atoms with Crippen LogP contribution in [0.15, 0.2) is 85.6 Å². The van der Waals surface area contributed by atoms with E-state index in [-0.39, 0.29) is 35.6 Å². The molecule has 0 aliphatic carbocycles. The van der Waals surface area contributed by atoms with E-state index in [0.29, 0.717) is 19.4 Å². The van der Waals surface area contributed by atoms with Crippen molar-refractivity contribution in [2.24, 2.45) is 5.92 Å². The van der Waals surface area contributed by atoms with Crippen molar-refractivity contribution in [1.82, 2.24) is 29.8 Å². The molecule has 3 fully saturated rings. The Morgan fingerprint density at radius 3 is 2.58 bits per heavy atom. The van der Waals surface area contributed by atoms with Gasteiger partial charge in [-0.05, 0) is 91.8 Å². The Balaban J connectivity index is 0.865. The number of benzene rings is 2. The number of hydrogen-bond acceptors (Lipinski definition) is 8. The Morgan fingerprint density at radius 2 is 1.74 bits per heavy atom. The highest BCUT2D eigenvalue weighted by atomic mass is 19.1. The molecule has 4 aliphatic heterocycles. The average molecular weight is 707 g/mol. The van der Waals surface area contributed by atoms with Gasteiger partial charge in [0.25, 0.3) is 0 Å². The molecule has 11 heteroatoms. The maximum atomic E-state index is 14.1. The van der Waals surface area contributed by atoms with Crippen molar-refractivity contribution in [2.75, 3.05) is 29.4 Å². The third-order valence-corrected chi connectivity index (χ3v) is 11.1. The summed E-state index contributed by atoms with van der Waals surface area (Å²) in [6.45, 7) is 7.40. The molecule has 266 valence electrons. The number of pyridine rings is 1. The van der Waals surface area contributed by atoms with Gasteiger partial charge in [-0.1, -0.05) is 42.7 Å². The molecule has 10 nitrogen and oxygen atoms in total. The summed E-state index contributed by atoms with van der Waals surface area (Å²) in [6.07, 6.45) is 6.51. The SMILES string of the molecule is C=C1c2ccc(C#CC3CCN(c4cccc(-c5cnc6ccc(N7CCCC7c7cccc(F)c7)nn56)n4)CC3)cc2CN1C1CCC(=O)NC1=O. The Morgan fingerprint density at radius 1 is 0.868 bits per heavy atom. The van der Waals surface area contributed by atoms with Gasteiger partial charge in [0, 0.05) is 55.3 Å². The number of amides is 2. The summed E-state index contributed by atoms with van der Waals surface area (Å²) in [5.74, 6) is 8.28. The zero-order valence-corrected chi connectivity index (χ0v) is 29.3. The molecule has 3 saturated heterocycles. The molecular formula is C42H39FN8O2. The lowest BCUT2D eigenvalue weighted by atomic mass is 9.96. The van der Waals surface area contributed by atoms with Gasteiger partial charge >= 0.3 is 0 Å². The van der Waals surface area contributed by atoms with Gasteiger partial charge in [0.1, 0.15) is 29.2 Å². The number of carbonyl (C=O) groups is 2. The molecule has 7 heterocycles. The Kier molecular flexibility index (Phi) is 8.38. The molecule has 0 radical (unpaired) electrons. The van der Waals surface area contributed by atoms with Crippen molar-refractivity contribution < 1.29 is 14.0 Å². The van der Waals surface area contributed by atoms with Crippen LogP contribution in [0.2, 0.25) is 0 Å². The fraction of sp³-hybridized carbons (Fsp3) is 0.310. The Bertz CT molecular complexity index is 2330. The molecule has 2 aromatic carbocycles. The maximum absolute atomic E-state index is 14.1. The summed E-state index contributed by atoms with van der Waals surface area (Å²) in [7, 11) is 0. The quantitative estimate of drug-likeness (QED) is 0.172. The molecule has 1 N–H and O–H groups in total. The molecule has 0 spiro atoms. The number of carbonyl (C=O) groups excluding carboxylic acids is 2. The highest BCUT2D eigenvalue weighted by molar-refractivity contribution is 6.01. The maximum Gasteiger partial charge on any atom is 0.249 e. The van der Waals surface area contributed by atoms with E-state index in [4.69, 9.17) is 10.1 Å². The fourth-order valence-electron chi connectivity index (χ4n) is 8.27. The topological polar surface area (TPSA) is 99.0 Å². The number of nitrogens with zero attached hydrogens (tertiary/aromatic N) is 7. The van der Waals surface area contributed by atoms with Crippen molar-refractivity contribution >= 4 is 34.8 Å². The van der Waals surface area contributed by atoms with Crippen LogP contribution in [0.3, 0.4) is 0 Å². The third kappa shape index (κ3) is 6.28. The highest BCUT2D eigenvalue weighted by Crippen LogP contribution is 2.37. The van der Waals surface area contributed by atoms with Crippen molar-refractivity contribution in [2.45, 2.75) is 57.2 Å². The minimum Gasteiger partial charge on any atom is -0.357 e. The van der Waals surface area contributed by atoms with Crippen LogP contribution in [0.25, 0.3) is 22.7 Å². The van der Waals surface area contributed by atoms with Gasteiger partial charge in [-0.3, -0.25) is 14.9 Å². The van der Waals surface area contributed by atoms with Crippen LogP contribution in [0.1, 0.15) is 66.8 Å². The van der Waals surface area contributed by atoms with E-state index in [1.165, 1.54) is 6.07 Å². The smallest absolute Gasteiger partial charge is 0.249 e. The second-order valence-corrected chi connectivity index (χ2v) is 14.3. The summed E-state index contributed by atoms with van der Waals surface area (Å²) >= 11 is 0. The molecule has 3 aromatic heterocycles. The van der Waals surface area contributed by atoms with Gasteiger partial charge in [0.2, 0.25) is 11.8 Å². The molecule has 0 bridgehead atoms. The van der Waals surface area contributed by atoms with Crippen LogP contribution in [-0.4, -0.2) is 62.0 Å². The van der Waals surface area contributed by atoms with Gasteiger partial charge in [0.15, 0.2) is 5.65 Å². The number of hydrogen-bond donors (Lipinski definition) is 1. The monoisotopic (exact) mass is 706 g/mol. The Labute approximate surface area is 307 Å². The first-order valence-corrected chi connectivity index (χ1v) is 18.4. The second kappa shape index (κ2) is 13.5. The number of nitrogens with one attached hydrogen (secondary N) is 1. The number of halogens is 1. The number of anilines is 2. The van der Waals surface area contributed by atoms with Crippen LogP contribution in [-0.2, 0) is 16.1 Å². The molecular weight excluding hydrogens is 668 g/mol. The molecule has 2 amide bonds. The molecule has 0 saturated carbocycles. The third-order valence-electron chi connectivity index (χ3n) is 11.1. The van der Waals surface area contributed by atoms with Crippen molar-refractivity contribution in [3.8, 4) is 23.2 Å². The minimum absolute atomic E-state index is 0.0726. The summed E-state index contributed by atoms with van der Waals surface area (Å²) in [4.78, 5) is 40.5. The average Bonchev–Trinajstić information content (AvgIpc) is 3.92. The normalized spacial score (nSPS) is 20.5. The molecule has 5 aromatic rings. The number of rotatable bonds is 5. The van der Waals surface area contributed by atoms with Crippen molar-refractivity contribution in [1.29, 1.82) is 0 Å². The van der Waals surface area contributed by atoms with Gasteiger partial charge in [-0.2, -0.15) is 0 Å². The molecule has 53 heavy (non-hydrogen) atoms. The van der Waals surface area contributed by atoms with Crippen LogP contribution in [0, 0.1) is 23.6 Å². The second-order valence-electron chi connectivity index (χ2n) is 14.3. The van der Waals surface area contributed by atoms with Gasteiger partial charge in [-0.25, -0.2) is 18.9 Å². The minimum atomic E-state index is -0.381. The van der Waals surface area contributed by atoms with E-state index in [1.54, 1.807) is 12.1 Å². The van der Waals surface area contributed by atoms with E-state index in [2.05, 4.69) is 50.7 Å². The van der Waals surface area contributed by atoms with E-state index >= 15 is 0 Å². The largest absolute Gasteiger partial charge is 0.357 e. The first-order chi connectivity index (χ1) is 25.9. The van der Waals surface area contributed by atoms with Crippen LogP contribution < -0.4 is 15.1 Å². The van der Waals surface area contributed by atoms with E-state index < -0.39 is 0 Å². The predicted octanol–water partition coefficient (Wildman–Crippen LogP) is 6.13. The zero-order chi connectivity index (χ0) is 36.1. The van der Waals surface area contributed by atoms with Crippen LogP contribution in [0.5, 0.6) is 0 Å². The van der Waals surface area contributed by atoms with Gasteiger partial charge in [-0.15, -0.1) is 5.10 Å². The number of imide groups is 1.